The first-order valence-electron chi connectivity index (χ1n) is 11.4. The molecule has 0 aliphatic carbocycles. The third kappa shape index (κ3) is 4.63. The van der Waals surface area contributed by atoms with Crippen molar-refractivity contribution < 1.29 is 13.2 Å². The highest BCUT2D eigenvalue weighted by Crippen LogP contribution is 2.30. The van der Waals surface area contributed by atoms with Crippen LogP contribution in [0.5, 0.6) is 0 Å². The number of fused-ring (bicyclic) bond motifs is 1. The maximum atomic E-state index is 13.1. The van der Waals surface area contributed by atoms with E-state index in [1.807, 2.05) is 24.3 Å². The van der Waals surface area contributed by atoms with Crippen LogP contribution in [0.25, 0.3) is 22.2 Å². The molecular formula is C26H27N3O3S2. The number of thioether (sulfide) groups is 1. The monoisotopic (exact) mass is 493 g/mol. The van der Waals surface area contributed by atoms with Crippen molar-refractivity contribution in [3.8, 4) is 11.1 Å². The summed E-state index contributed by atoms with van der Waals surface area (Å²) < 4.78 is 35.1. The number of aromatic nitrogens is 2. The number of sulfonamides is 1. The Morgan fingerprint density at radius 3 is 2.35 bits per heavy atom. The van der Waals surface area contributed by atoms with Gasteiger partial charge in [-0.2, -0.15) is 4.31 Å². The summed E-state index contributed by atoms with van der Waals surface area (Å²) in [6.07, 6.45) is 0. The van der Waals surface area contributed by atoms with Gasteiger partial charge in [0.2, 0.25) is 10.0 Å². The lowest BCUT2D eigenvalue weighted by atomic mass is 10.0. The average Bonchev–Trinajstić information content (AvgIpc) is 3.25. The van der Waals surface area contributed by atoms with Gasteiger partial charge in [0, 0.05) is 25.4 Å². The molecule has 0 atom stereocenters. The van der Waals surface area contributed by atoms with Gasteiger partial charge >= 0.3 is 0 Å². The second kappa shape index (κ2) is 9.92. The van der Waals surface area contributed by atoms with Gasteiger partial charge in [-0.25, -0.2) is 13.4 Å². The minimum absolute atomic E-state index is 0.288. The summed E-state index contributed by atoms with van der Waals surface area (Å²) in [5.74, 6) is 0.789. The predicted molar refractivity (Wildman–Crippen MR) is 136 cm³/mol. The van der Waals surface area contributed by atoms with Crippen LogP contribution in [-0.2, 0) is 27.1 Å². The molecule has 0 unspecified atom stereocenters. The van der Waals surface area contributed by atoms with Crippen molar-refractivity contribution in [3.63, 3.8) is 0 Å². The second-order valence-electron chi connectivity index (χ2n) is 8.16. The molecule has 1 aromatic heterocycles. The van der Waals surface area contributed by atoms with Gasteiger partial charge in [0.1, 0.15) is 0 Å². The van der Waals surface area contributed by atoms with Gasteiger partial charge in [-0.3, -0.25) is 0 Å². The molecule has 0 amide bonds. The van der Waals surface area contributed by atoms with E-state index in [0.717, 1.165) is 23.0 Å². The highest BCUT2D eigenvalue weighted by Gasteiger charge is 2.27. The molecule has 1 aliphatic rings. The number of benzene rings is 3. The molecule has 1 saturated heterocycles. The molecule has 6 nitrogen and oxygen atoms in total. The van der Waals surface area contributed by atoms with Crippen LogP contribution in [0.3, 0.4) is 0 Å². The number of rotatable bonds is 7. The fourth-order valence-corrected chi connectivity index (χ4v) is 6.63. The van der Waals surface area contributed by atoms with Crippen molar-refractivity contribution in [1.82, 2.24) is 13.9 Å². The minimum atomic E-state index is -3.55. The van der Waals surface area contributed by atoms with E-state index in [1.165, 1.54) is 21.0 Å². The van der Waals surface area contributed by atoms with Crippen molar-refractivity contribution in [3.05, 3.63) is 78.4 Å². The van der Waals surface area contributed by atoms with Crippen LogP contribution in [-0.4, -0.2) is 48.6 Å². The molecule has 5 rings (SSSR count). The van der Waals surface area contributed by atoms with Crippen molar-refractivity contribution in [2.45, 2.75) is 29.3 Å². The van der Waals surface area contributed by atoms with Gasteiger partial charge in [0.05, 0.1) is 29.1 Å². The van der Waals surface area contributed by atoms with Crippen molar-refractivity contribution in [1.29, 1.82) is 0 Å². The third-order valence-corrected chi connectivity index (χ3v) is 8.98. The molecule has 3 aromatic carbocycles. The zero-order valence-corrected chi connectivity index (χ0v) is 20.7. The molecule has 2 heterocycles. The number of hydrogen-bond donors (Lipinski definition) is 0. The molecule has 1 aliphatic heterocycles. The first kappa shape index (κ1) is 23.1. The van der Waals surface area contributed by atoms with Gasteiger partial charge < -0.3 is 9.30 Å². The SMILES string of the molecule is CCn1c(SCc2ccc(-c3ccccc3)cc2)nc2cc(S(=O)(=O)N3CCOCC3)ccc21. The van der Waals surface area contributed by atoms with Gasteiger partial charge in [0.15, 0.2) is 5.16 Å². The summed E-state index contributed by atoms with van der Waals surface area (Å²) in [6, 6.07) is 24.2. The van der Waals surface area contributed by atoms with E-state index in [0.29, 0.717) is 31.8 Å². The van der Waals surface area contributed by atoms with Crippen LogP contribution in [0.4, 0.5) is 0 Å². The van der Waals surface area contributed by atoms with Crippen LogP contribution in [0, 0.1) is 0 Å². The van der Waals surface area contributed by atoms with Gasteiger partial charge in [0.25, 0.3) is 0 Å². The number of aryl methyl sites for hydroxylation is 1. The summed E-state index contributed by atoms with van der Waals surface area (Å²) in [7, 11) is -3.55. The highest BCUT2D eigenvalue weighted by molar-refractivity contribution is 7.98. The summed E-state index contributed by atoms with van der Waals surface area (Å²) in [6.45, 7) is 4.47. The van der Waals surface area contributed by atoms with E-state index >= 15 is 0 Å². The van der Waals surface area contributed by atoms with Crippen molar-refractivity contribution in [2.75, 3.05) is 26.3 Å². The highest BCUT2D eigenvalue weighted by atomic mass is 32.2. The lowest BCUT2D eigenvalue weighted by molar-refractivity contribution is 0.0730. The molecule has 176 valence electrons. The Balaban J connectivity index is 1.36. The molecule has 0 saturated carbocycles. The summed E-state index contributed by atoms with van der Waals surface area (Å²) >= 11 is 1.67. The Hall–Kier alpha value is -2.65. The van der Waals surface area contributed by atoms with E-state index in [9.17, 15) is 8.42 Å². The van der Waals surface area contributed by atoms with E-state index in [-0.39, 0.29) is 4.90 Å². The maximum absolute atomic E-state index is 13.1. The molecule has 0 spiro atoms. The van der Waals surface area contributed by atoms with E-state index < -0.39 is 10.0 Å². The van der Waals surface area contributed by atoms with Gasteiger partial charge in [-0.15, -0.1) is 0 Å². The zero-order chi connectivity index (χ0) is 23.5. The average molecular weight is 494 g/mol. The quantitative estimate of drug-likeness (QED) is 0.338. The largest absolute Gasteiger partial charge is 0.379 e. The van der Waals surface area contributed by atoms with Gasteiger partial charge in [-0.1, -0.05) is 66.4 Å². The van der Waals surface area contributed by atoms with E-state index in [2.05, 4.69) is 47.9 Å². The summed E-state index contributed by atoms with van der Waals surface area (Å²) in [5.41, 5.74) is 5.28. The first-order chi connectivity index (χ1) is 16.6. The molecule has 0 N–H and O–H groups in total. The molecular weight excluding hydrogens is 466 g/mol. The van der Waals surface area contributed by atoms with Crippen LogP contribution >= 0.6 is 11.8 Å². The Bertz CT molecular complexity index is 1380. The number of nitrogens with zero attached hydrogens (tertiary/aromatic N) is 3. The van der Waals surface area contributed by atoms with Crippen molar-refractivity contribution >= 4 is 32.8 Å². The number of ether oxygens (including phenoxy) is 1. The molecule has 8 heteroatoms. The van der Waals surface area contributed by atoms with Gasteiger partial charge in [-0.05, 0) is 41.8 Å². The number of imidazole rings is 1. The second-order valence-corrected chi connectivity index (χ2v) is 11.0. The first-order valence-corrected chi connectivity index (χ1v) is 13.8. The van der Waals surface area contributed by atoms with Crippen LogP contribution in [0.1, 0.15) is 12.5 Å². The lowest BCUT2D eigenvalue weighted by Gasteiger charge is -2.26. The normalized spacial score (nSPS) is 15.1. The predicted octanol–water partition coefficient (Wildman–Crippen LogP) is 5.04. The van der Waals surface area contributed by atoms with Crippen LogP contribution < -0.4 is 0 Å². The third-order valence-electron chi connectivity index (χ3n) is 6.04. The number of hydrogen-bond acceptors (Lipinski definition) is 5. The zero-order valence-electron chi connectivity index (χ0n) is 19.1. The fourth-order valence-electron chi connectivity index (χ4n) is 4.17. The summed E-state index contributed by atoms with van der Waals surface area (Å²) in [4.78, 5) is 5.09. The van der Waals surface area contributed by atoms with Crippen LogP contribution in [0.15, 0.2) is 82.8 Å². The summed E-state index contributed by atoms with van der Waals surface area (Å²) in [5, 5.41) is 0.894. The Morgan fingerprint density at radius 2 is 1.65 bits per heavy atom. The van der Waals surface area contributed by atoms with Crippen molar-refractivity contribution in [2.24, 2.45) is 0 Å². The minimum Gasteiger partial charge on any atom is -0.379 e. The fraction of sp³-hybridized carbons (Fsp3) is 0.269. The lowest BCUT2D eigenvalue weighted by Crippen LogP contribution is -2.40. The topological polar surface area (TPSA) is 64.4 Å². The Kier molecular flexibility index (Phi) is 6.74. The van der Waals surface area contributed by atoms with E-state index in [4.69, 9.17) is 9.72 Å². The van der Waals surface area contributed by atoms with E-state index in [1.54, 1.807) is 23.9 Å². The number of morpholine rings is 1. The molecule has 0 bridgehead atoms. The molecule has 0 radical (unpaired) electrons. The maximum Gasteiger partial charge on any atom is 0.243 e. The standard InChI is InChI=1S/C26H27N3O3S2/c1-2-29-25-13-12-23(34(30,31)28-14-16-32-17-15-28)18-24(25)27-26(29)33-19-20-8-10-22(11-9-20)21-6-4-3-5-7-21/h3-13,18H,2,14-17,19H2,1H3. The molecule has 34 heavy (non-hydrogen) atoms. The smallest absolute Gasteiger partial charge is 0.243 e. The van der Waals surface area contributed by atoms with Crippen LogP contribution in [0.2, 0.25) is 0 Å². The Labute approximate surface area is 204 Å². The Morgan fingerprint density at radius 1 is 0.941 bits per heavy atom. The molecule has 1 fully saturated rings. The molecule has 4 aromatic rings.